The predicted octanol–water partition coefficient (Wildman–Crippen LogP) is 2.95. The molecule has 1 aliphatic rings. The van der Waals surface area contributed by atoms with Crippen molar-refractivity contribution in [2.45, 2.75) is 25.9 Å². The third-order valence-electron chi connectivity index (χ3n) is 4.57. The zero-order valence-corrected chi connectivity index (χ0v) is 16.6. The number of thiol groups is 1. The SMILES string of the molecule is CN1CCCCc2cc(Cl)ccc2COc2ccc(C(=O)N[SH](=O)=O)cc21. The number of nitrogens with one attached hydrogen (secondary N) is 1. The van der Waals surface area contributed by atoms with Gasteiger partial charge >= 0.3 is 0 Å². The highest BCUT2D eigenvalue weighted by Gasteiger charge is 2.16. The number of hydrogen-bond acceptors (Lipinski definition) is 5. The second-order valence-electron chi connectivity index (χ2n) is 6.46. The molecular weight excluding hydrogens is 388 g/mol. The average Bonchev–Trinajstić information content (AvgIpc) is 2.65. The molecule has 0 aromatic heterocycles. The lowest BCUT2D eigenvalue weighted by atomic mass is 10.0. The van der Waals surface area contributed by atoms with Crippen molar-refractivity contribution < 1.29 is 17.9 Å². The summed E-state index contributed by atoms with van der Waals surface area (Å²) < 4.78 is 29.5. The van der Waals surface area contributed by atoms with Gasteiger partial charge in [0.1, 0.15) is 12.4 Å². The first kappa shape index (κ1) is 19.5. The summed E-state index contributed by atoms with van der Waals surface area (Å²) >= 11 is 6.13. The van der Waals surface area contributed by atoms with Gasteiger partial charge in [-0.25, -0.2) is 8.42 Å². The van der Waals surface area contributed by atoms with E-state index >= 15 is 0 Å². The Morgan fingerprint density at radius 1 is 1.15 bits per heavy atom. The third kappa shape index (κ3) is 4.93. The fourth-order valence-corrected chi connectivity index (χ4v) is 3.62. The largest absolute Gasteiger partial charge is 0.487 e. The Bertz CT molecular complexity index is 922. The molecule has 1 amide bonds. The molecule has 0 saturated heterocycles. The van der Waals surface area contributed by atoms with Crippen LogP contribution in [0.4, 0.5) is 5.69 Å². The van der Waals surface area contributed by atoms with Crippen molar-refractivity contribution >= 4 is 34.1 Å². The first-order valence-corrected chi connectivity index (χ1v) is 10.2. The van der Waals surface area contributed by atoms with Gasteiger partial charge in [0.25, 0.3) is 5.91 Å². The zero-order chi connectivity index (χ0) is 19.4. The first-order valence-electron chi connectivity index (χ1n) is 8.64. The van der Waals surface area contributed by atoms with Crippen LogP contribution in [0.3, 0.4) is 0 Å². The van der Waals surface area contributed by atoms with Crippen molar-refractivity contribution in [3.8, 4) is 5.75 Å². The van der Waals surface area contributed by atoms with Crippen LogP contribution < -0.4 is 14.4 Å². The van der Waals surface area contributed by atoms with E-state index in [4.69, 9.17) is 16.3 Å². The standard InChI is InChI=1S/C19H21ClN2O4S/c1-22-9-3-2-4-13-10-16(20)7-5-15(13)12-26-18-8-6-14(11-17(18)22)19(23)21-27(24)25/h5-8,10-11,27H,2-4,9,12H2,1H3,(H,21,23,24,25). The molecule has 1 aliphatic heterocycles. The summed E-state index contributed by atoms with van der Waals surface area (Å²) in [6.45, 7) is 1.18. The van der Waals surface area contributed by atoms with Crippen LogP contribution in [0.1, 0.15) is 34.3 Å². The number of carbonyl (C=O) groups is 1. The number of hydrogen-bond donors (Lipinski definition) is 2. The Morgan fingerprint density at radius 3 is 2.74 bits per heavy atom. The quantitative estimate of drug-likeness (QED) is 0.747. The minimum atomic E-state index is -2.99. The lowest BCUT2D eigenvalue weighted by Gasteiger charge is -2.22. The van der Waals surface area contributed by atoms with Crippen molar-refractivity contribution in [3.05, 3.63) is 58.1 Å². The number of aryl methyl sites for hydroxylation is 1. The molecule has 2 aromatic carbocycles. The molecular formula is C19H21ClN2O4S. The molecule has 0 atom stereocenters. The number of halogens is 1. The van der Waals surface area contributed by atoms with Gasteiger partial charge in [0.15, 0.2) is 0 Å². The number of ether oxygens (including phenoxy) is 1. The van der Waals surface area contributed by atoms with E-state index in [-0.39, 0.29) is 5.56 Å². The number of rotatable bonds is 2. The summed E-state index contributed by atoms with van der Waals surface area (Å²) in [4.78, 5) is 14.0. The van der Waals surface area contributed by atoms with E-state index in [0.717, 1.165) is 37.1 Å². The second kappa shape index (κ2) is 8.63. The molecule has 2 aromatic rings. The highest BCUT2D eigenvalue weighted by atomic mass is 35.5. The van der Waals surface area contributed by atoms with Crippen LogP contribution in [0.2, 0.25) is 5.02 Å². The topological polar surface area (TPSA) is 75.7 Å². The van der Waals surface area contributed by atoms with Crippen LogP contribution >= 0.6 is 11.6 Å². The molecule has 3 rings (SSSR count). The molecule has 144 valence electrons. The normalized spacial score (nSPS) is 14.6. The Morgan fingerprint density at radius 2 is 1.96 bits per heavy atom. The van der Waals surface area contributed by atoms with Gasteiger partial charge in [-0.3, -0.25) is 9.52 Å². The fraction of sp³-hybridized carbons (Fsp3) is 0.316. The Kier molecular flexibility index (Phi) is 6.23. The molecule has 0 spiro atoms. The summed E-state index contributed by atoms with van der Waals surface area (Å²) in [7, 11) is -1.06. The molecule has 8 heteroatoms. The molecule has 0 aliphatic carbocycles. The molecule has 27 heavy (non-hydrogen) atoms. The van der Waals surface area contributed by atoms with E-state index in [0.29, 0.717) is 17.4 Å². The second-order valence-corrected chi connectivity index (χ2v) is 7.64. The van der Waals surface area contributed by atoms with Gasteiger partial charge in [-0.05, 0) is 60.7 Å². The summed E-state index contributed by atoms with van der Waals surface area (Å²) in [5, 5.41) is 0.716. The third-order valence-corrected chi connectivity index (χ3v) is 5.19. The smallest absolute Gasteiger partial charge is 0.264 e. The molecule has 1 heterocycles. The summed E-state index contributed by atoms with van der Waals surface area (Å²) in [6.07, 6.45) is 2.89. The molecule has 0 bridgehead atoms. The number of amides is 1. The minimum absolute atomic E-state index is 0.269. The number of fused-ring (bicyclic) bond motifs is 2. The number of benzene rings is 2. The Balaban J connectivity index is 1.93. The lowest BCUT2D eigenvalue weighted by Crippen LogP contribution is -2.23. The summed E-state index contributed by atoms with van der Waals surface area (Å²) in [5.74, 6) is -0.0139. The van der Waals surface area contributed by atoms with Crippen molar-refractivity contribution in [3.63, 3.8) is 0 Å². The lowest BCUT2D eigenvalue weighted by molar-refractivity contribution is 0.0982. The van der Waals surface area contributed by atoms with Crippen LogP contribution in [0.25, 0.3) is 0 Å². The Labute approximate surface area is 165 Å². The monoisotopic (exact) mass is 408 g/mol. The van der Waals surface area contributed by atoms with Gasteiger partial charge in [0.2, 0.25) is 10.9 Å². The highest BCUT2D eigenvalue weighted by molar-refractivity contribution is 7.71. The zero-order valence-electron chi connectivity index (χ0n) is 14.9. The Hall–Kier alpha value is -2.25. The highest BCUT2D eigenvalue weighted by Crippen LogP contribution is 2.31. The van der Waals surface area contributed by atoms with Crippen LogP contribution in [0.15, 0.2) is 36.4 Å². The maximum Gasteiger partial charge on any atom is 0.264 e. The molecule has 0 saturated carbocycles. The fourth-order valence-electron chi connectivity index (χ4n) is 3.13. The maximum absolute atomic E-state index is 12.0. The summed E-state index contributed by atoms with van der Waals surface area (Å²) in [6, 6.07) is 10.7. The van der Waals surface area contributed by atoms with E-state index in [1.165, 1.54) is 5.56 Å². The number of nitrogens with zero attached hydrogens (tertiary/aromatic N) is 1. The van der Waals surface area contributed by atoms with Crippen molar-refractivity contribution in [1.29, 1.82) is 0 Å². The van der Waals surface area contributed by atoms with Crippen molar-refractivity contribution in [1.82, 2.24) is 4.72 Å². The number of carbonyl (C=O) groups excluding carboxylic acids is 1. The number of anilines is 1. The van der Waals surface area contributed by atoms with Crippen LogP contribution in [-0.2, 0) is 23.9 Å². The van der Waals surface area contributed by atoms with Crippen molar-refractivity contribution in [2.24, 2.45) is 0 Å². The van der Waals surface area contributed by atoms with E-state index in [2.05, 4.69) is 0 Å². The van der Waals surface area contributed by atoms with Crippen LogP contribution in [-0.4, -0.2) is 27.9 Å². The van der Waals surface area contributed by atoms with E-state index in [1.54, 1.807) is 18.2 Å². The van der Waals surface area contributed by atoms with Crippen molar-refractivity contribution in [2.75, 3.05) is 18.5 Å². The maximum atomic E-state index is 12.0. The van der Waals surface area contributed by atoms with E-state index < -0.39 is 16.8 Å². The first-order chi connectivity index (χ1) is 12.9. The van der Waals surface area contributed by atoms with Gasteiger partial charge in [0.05, 0.1) is 5.69 Å². The molecule has 6 nitrogen and oxygen atoms in total. The van der Waals surface area contributed by atoms with Gasteiger partial charge < -0.3 is 9.64 Å². The average molecular weight is 409 g/mol. The van der Waals surface area contributed by atoms with E-state index in [9.17, 15) is 13.2 Å². The van der Waals surface area contributed by atoms with Gasteiger partial charge in [-0.15, -0.1) is 0 Å². The summed E-state index contributed by atoms with van der Waals surface area (Å²) in [5.41, 5.74) is 3.29. The van der Waals surface area contributed by atoms with E-state index in [1.807, 2.05) is 34.9 Å². The molecule has 0 radical (unpaired) electrons. The van der Waals surface area contributed by atoms with Gasteiger partial charge in [-0.2, -0.15) is 0 Å². The minimum Gasteiger partial charge on any atom is -0.487 e. The van der Waals surface area contributed by atoms with Gasteiger partial charge in [-0.1, -0.05) is 17.7 Å². The molecule has 1 N–H and O–H groups in total. The van der Waals surface area contributed by atoms with Crippen LogP contribution in [0.5, 0.6) is 5.75 Å². The van der Waals surface area contributed by atoms with Gasteiger partial charge in [0, 0.05) is 24.2 Å². The predicted molar refractivity (Wildman–Crippen MR) is 106 cm³/mol. The molecule has 0 unspecified atom stereocenters. The van der Waals surface area contributed by atoms with Crippen LogP contribution in [0, 0.1) is 0 Å². The molecule has 0 fully saturated rings.